The number of aliphatic hydroxyl groups is 1. The lowest BCUT2D eigenvalue weighted by Gasteiger charge is -2.28. The van der Waals surface area contributed by atoms with E-state index in [1.807, 2.05) is 38.6 Å². The van der Waals surface area contributed by atoms with Crippen LogP contribution in [0.15, 0.2) is 124 Å². The van der Waals surface area contributed by atoms with Crippen LogP contribution in [0.25, 0.3) is 0 Å². The molecular weight excluding hydrogens is 1050 g/mol. The summed E-state index contributed by atoms with van der Waals surface area (Å²) in [6, 6.07) is 25.6. The van der Waals surface area contributed by atoms with Crippen LogP contribution in [0.1, 0.15) is 111 Å². The van der Waals surface area contributed by atoms with Crippen LogP contribution >= 0.6 is 11.8 Å². The van der Waals surface area contributed by atoms with Gasteiger partial charge < -0.3 is 31.7 Å². The molecular formula is C56H71N9O10S3. The Hall–Kier alpha value is -6.46. The zero-order valence-electron chi connectivity index (χ0n) is 44.5. The molecule has 0 bridgehead atoms. The summed E-state index contributed by atoms with van der Waals surface area (Å²) in [7, 11) is -8.11. The van der Waals surface area contributed by atoms with Gasteiger partial charge in [-0.2, -0.15) is 16.1 Å². The van der Waals surface area contributed by atoms with E-state index >= 15 is 0 Å². The number of benzene rings is 4. The summed E-state index contributed by atoms with van der Waals surface area (Å²) in [6.07, 6.45) is 5.42. The first-order valence-electron chi connectivity index (χ1n) is 26.5. The highest BCUT2D eigenvalue weighted by atomic mass is 32.2. The number of aromatic nitrogens is 3. The van der Waals surface area contributed by atoms with E-state index in [1.54, 1.807) is 67.6 Å². The number of amides is 5. The van der Waals surface area contributed by atoms with Crippen molar-refractivity contribution >= 4 is 61.2 Å². The Kier molecular flexibility index (Phi) is 20.8. The van der Waals surface area contributed by atoms with Crippen LogP contribution in [0.2, 0.25) is 0 Å². The minimum atomic E-state index is -4.21. The van der Waals surface area contributed by atoms with E-state index in [0.29, 0.717) is 59.9 Å². The van der Waals surface area contributed by atoms with Gasteiger partial charge in [-0.25, -0.2) is 26.3 Å². The molecule has 6 atom stereocenters. The molecule has 5 amide bonds. The van der Waals surface area contributed by atoms with Crippen molar-refractivity contribution in [2.24, 2.45) is 5.92 Å². The Morgan fingerprint density at radius 1 is 0.769 bits per heavy atom. The number of ketones is 1. The molecule has 2 saturated heterocycles. The van der Waals surface area contributed by atoms with Crippen molar-refractivity contribution in [3.05, 3.63) is 137 Å². The average molecular weight is 1130 g/mol. The molecule has 3 heterocycles. The molecule has 2 aliphatic rings. The number of nitrogens with zero attached hydrogens (tertiary/aromatic N) is 4. The van der Waals surface area contributed by atoms with Crippen molar-refractivity contribution in [1.29, 1.82) is 0 Å². The van der Waals surface area contributed by atoms with Crippen molar-refractivity contribution in [3.8, 4) is 0 Å². The van der Waals surface area contributed by atoms with Gasteiger partial charge >= 0.3 is 6.03 Å². The molecule has 0 radical (unpaired) electrons. The smallest absolute Gasteiger partial charge is 0.315 e. The van der Waals surface area contributed by atoms with Crippen molar-refractivity contribution < 1.29 is 45.9 Å². The van der Waals surface area contributed by atoms with Crippen LogP contribution < -0.4 is 26.6 Å². The van der Waals surface area contributed by atoms with Gasteiger partial charge in [0.25, 0.3) is 0 Å². The lowest BCUT2D eigenvalue weighted by atomic mass is 9.99. The number of carbonyl (C=O) groups excluding carboxylic acids is 5. The fourth-order valence-corrected chi connectivity index (χ4v) is 13.8. The number of carbonyl (C=O) groups is 5. The molecule has 0 aliphatic carbocycles. The fraction of sp³-hybridized carbons (Fsp3) is 0.446. The lowest BCUT2D eigenvalue weighted by molar-refractivity contribution is -0.129. The van der Waals surface area contributed by atoms with Gasteiger partial charge in [-0.1, -0.05) is 104 Å². The Labute approximate surface area is 461 Å². The summed E-state index contributed by atoms with van der Waals surface area (Å²) in [6.45, 7) is 7.31. The monoisotopic (exact) mass is 1130 g/mol. The molecule has 2 fully saturated rings. The fourth-order valence-electron chi connectivity index (χ4n) is 9.34. The van der Waals surface area contributed by atoms with E-state index in [9.17, 15) is 45.9 Å². The van der Waals surface area contributed by atoms with Gasteiger partial charge in [0.15, 0.2) is 5.78 Å². The first kappa shape index (κ1) is 59.2. The number of fused-ring (bicyclic) bond motifs is 1. The molecule has 418 valence electrons. The summed E-state index contributed by atoms with van der Waals surface area (Å²) in [5, 5.41) is 34.8. The Morgan fingerprint density at radius 2 is 1.41 bits per heavy atom. The third-order valence-corrected chi connectivity index (χ3v) is 19.0. The molecule has 0 spiro atoms. The molecule has 6 N–H and O–H groups in total. The van der Waals surface area contributed by atoms with Gasteiger partial charge in [-0.15, -0.1) is 5.10 Å². The summed E-state index contributed by atoms with van der Waals surface area (Å²) in [4.78, 5) is 64.4. The van der Waals surface area contributed by atoms with Crippen molar-refractivity contribution in [3.63, 3.8) is 0 Å². The SMILES string of the molecule is Cc1ccc(S(=O)(=O)c2ccc(S(=O)(=O)N(CC(C)C)CC(O)[C@H](C)n3cc(CNC(=O)[C@H](Cc4ccc(C(=O)c5ccccc5)cc4)NC(=O)CCCCCNC(=O)CCCC[C@@H]4SC[C@@H]5NC(=O)N[C@@H]54)nn3)cc2)cc1. The number of nitrogens with one attached hydrogen (secondary N) is 5. The lowest BCUT2D eigenvalue weighted by Crippen LogP contribution is -2.47. The van der Waals surface area contributed by atoms with Crippen LogP contribution in [-0.2, 0) is 47.2 Å². The Balaban J connectivity index is 0.907. The molecule has 2 aliphatic heterocycles. The number of sulfonamides is 1. The number of hydrogen-bond acceptors (Lipinski definition) is 13. The third kappa shape index (κ3) is 16.1. The summed E-state index contributed by atoms with van der Waals surface area (Å²) in [5.41, 5.74) is 2.93. The van der Waals surface area contributed by atoms with Gasteiger partial charge in [-0.3, -0.25) is 19.2 Å². The van der Waals surface area contributed by atoms with E-state index in [4.69, 9.17) is 0 Å². The molecule has 0 saturated carbocycles. The van der Waals surface area contributed by atoms with E-state index in [1.165, 1.54) is 47.3 Å². The summed E-state index contributed by atoms with van der Waals surface area (Å²) >= 11 is 1.86. The van der Waals surface area contributed by atoms with E-state index < -0.39 is 44.0 Å². The van der Waals surface area contributed by atoms with Crippen LogP contribution in [-0.4, -0.2) is 126 Å². The minimum Gasteiger partial charge on any atom is -0.390 e. The summed E-state index contributed by atoms with van der Waals surface area (Å²) < 4.78 is 57.2. The van der Waals surface area contributed by atoms with Gasteiger partial charge in [0.2, 0.25) is 37.6 Å². The number of aliphatic hydroxyl groups excluding tert-OH is 1. The predicted molar refractivity (Wildman–Crippen MR) is 297 cm³/mol. The average Bonchev–Trinajstić information content (AvgIpc) is 4.19. The molecule has 1 unspecified atom stereocenters. The van der Waals surface area contributed by atoms with Crippen LogP contribution in [0.3, 0.4) is 0 Å². The number of thioether (sulfide) groups is 1. The zero-order valence-corrected chi connectivity index (χ0v) is 46.9. The number of sulfone groups is 1. The second kappa shape index (κ2) is 27.4. The van der Waals surface area contributed by atoms with E-state index in [0.717, 1.165) is 34.9 Å². The molecule has 19 nitrogen and oxygen atoms in total. The predicted octanol–water partition coefficient (Wildman–Crippen LogP) is 5.67. The van der Waals surface area contributed by atoms with Gasteiger partial charge in [-0.05, 0) is 87.4 Å². The standard InChI is InChI=1S/C56H71N9O10S3/c1-37(2)33-64(78(74,75)46-28-26-45(27-29-46)77(72,73)44-24-18-38(3)19-25-44)35-49(66)39(4)65-34-43(62-63-65)32-58-55(70)47(31-40-20-22-42(23-21-40)54(69)41-13-7-5-8-14-41)59-52(68)17-9-6-12-30-57-51(67)16-11-10-15-50-53-48(36-76-50)60-56(71)61-53/h5,7-8,13-14,18-29,34,37,39,47-50,53,66H,6,9-12,15-17,30-33,35-36H2,1-4H3,(H,57,67)(H,58,70)(H,59,68)(H2,60,61,71)/t39-,47-,48-,49?,50-,53-/m0/s1. The maximum Gasteiger partial charge on any atom is 0.315 e. The van der Waals surface area contributed by atoms with E-state index in [2.05, 4.69) is 36.9 Å². The first-order chi connectivity index (χ1) is 37.3. The highest BCUT2D eigenvalue weighted by Crippen LogP contribution is 2.33. The number of rotatable bonds is 29. The van der Waals surface area contributed by atoms with Gasteiger partial charge in [0.05, 0.1) is 51.7 Å². The van der Waals surface area contributed by atoms with Gasteiger partial charge in [0.1, 0.15) is 11.7 Å². The Morgan fingerprint density at radius 3 is 2.10 bits per heavy atom. The second-order valence-corrected chi connectivity index (χ2v) is 25.6. The molecule has 4 aromatic carbocycles. The zero-order chi connectivity index (χ0) is 56.0. The maximum atomic E-state index is 14.0. The molecule has 1 aromatic heterocycles. The highest BCUT2D eigenvalue weighted by molar-refractivity contribution is 8.00. The van der Waals surface area contributed by atoms with Crippen molar-refractivity contribution in [2.75, 3.05) is 25.4 Å². The molecule has 22 heteroatoms. The number of aryl methyl sites for hydroxylation is 1. The number of hydrogen-bond donors (Lipinski definition) is 6. The number of unbranched alkanes of at least 4 members (excludes halogenated alkanes) is 3. The van der Waals surface area contributed by atoms with Crippen LogP contribution in [0.5, 0.6) is 0 Å². The molecule has 5 aromatic rings. The maximum absolute atomic E-state index is 14.0. The van der Waals surface area contributed by atoms with Gasteiger partial charge in [0, 0.05) is 61.0 Å². The quantitative estimate of drug-likeness (QED) is 0.0192. The molecule has 7 rings (SSSR count). The van der Waals surface area contributed by atoms with Crippen molar-refractivity contribution in [1.82, 2.24) is 45.9 Å². The largest absolute Gasteiger partial charge is 0.390 e. The number of urea groups is 1. The van der Waals surface area contributed by atoms with Crippen LogP contribution in [0.4, 0.5) is 4.79 Å². The highest BCUT2D eigenvalue weighted by Gasteiger charge is 2.42. The normalized spacial score (nSPS) is 17.4. The van der Waals surface area contributed by atoms with Crippen molar-refractivity contribution in [2.45, 2.75) is 142 Å². The summed E-state index contributed by atoms with van der Waals surface area (Å²) in [5.74, 6) is -0.231. The first-order valence-corrected chi connectivity index (χ1v) is 30.5. The van der Waals surface area contributed by atoms with E-state index in [-0.39, 0.29) is 88.8 Å². The molecule has 78 heavy (non-hydrogen) atoms. The topological polar surface area (TPSA) is 268 Å². The third-order valence-electron chi connectivity index (χ3n) is 13.9. The minimum absolute atomic E-state index is 0.0177. The second-order valence-electron chi connectivity index (χ2n) is 20.5. The van der Waals surface area contributed by atoms with Crippen LogP contribution in [0, 0.1) is 12.8 Å². The Bertz CT molecular complexity index is 3070.